The van der Waals surface area contributed by atoms with Crippen molar-refractivity contribution < 1.29 is 0 Å². The van der Waals surface area contributed by atoms with Crippen LogP contribution in [0.3, 0.4) is 0 Å². The predicted octanol–water partition coefficient (Wildman–Crippen LogP) is 2.33. The van der Waals surface area contributed by atoms with Crippen molar-refractivity contribution in [2.75, 3.05) is 5.73 Å². The molecule has 0 bridgehead atoms. The van der Waals surface area contributed by atoms with Gasteiger partial charge in [-0.25, -0.2) is 0 Å². The molecule has 84 valence electrons. The number of nitrogen functional groups attached to an aromatic ring is 1. The molecule has 0 fully saturated rings. The van der Waals surface area contributed by atoms with Crippen LogP contribution in [0.15, 0.2) is 30.6 Å². The van der Waals surface area contributed by atoms with Crippen molar-refractivity contribution >= 4 is 5.69 Å². The van der Waals surface area contributed by atoms with Gasteiger partial charge in [0.2, 0.25) is 0 Å². The lowest BCUT2D eigenvalue weighted by molar-refractivity contribution is 0.573. The number of hydrogen-bond donors (Lipinski definition) is 1. The molecular formula is C12H16N4. The molecule has 0 amide bonds. The molecule has 0 aliphatic heterocycles. The molecule has 16 heavy (non-hydrogen) atoms. The van der Waals surface area contributed by atoms with Crippen molar-refractivity contribution in [3.05, 3.63) is 30.6 Å². The Bertz CT molecular complexity index is 447. The highest BCUT2D eigenvalue weighted by Crippen LogP contribution is 2.21. The summed E-state index contributed by atoms with van der Waals surface area (Å²) in [6.45, 7) is 3.07. The number of aromatic nitrogens is 3. The average Bonchev–Trinajstić information content (AvgIpc) is 2.69. The number of nitrogens with zero attached hydrogens (tertiary/aromatic N) is 3. The molecule has 2 heterocycles. The largest absolute Gasteiger partial charge is 0.396 e. The van der Waals surface area contributed by atoms with Crippen molar-refractivity contribution in [3.63, 3.8) is 0 Å². The second-order valence-corrected chi connectivity index (χ2v) is 3.76. The molecule has 0 atom stereocenters. The SMILES string of the molecule is CCCCn1cc(N)c(-c2ccccn2)n1. The van der Waals surface area contributed by atoms with Crippen molar-refractivity contribution in [1.82, 2.24) is 14.8 Å². The Morgan fingerprint density at radius 1 is 1.38 bits per heavy atom. The lowest BCUT2D eigenvalue weighted by atomic mass is 10.2. The van der Waals surface area contributed by atoms with E-state index in [9.17, 15) is 0 Å². The Balaban J connectivity index is 2.25. The molecule has 4 heteroatoms. The number of pyridine rings is 1. The molecule has 0 saturated heterocycles. The number of aryl methyl sites for hydroxylation is 1. The van der Waals surface area contributed by atoms with E-state index in [0.717, 1.165) is 30.8 Å². The lowest BCUT2D eigenvalue weighted by Crippen LogP contribution is -1.98. The van der Waals surface area contributed by atoms with Crippen molar-refractivity contribution in [2.45, 2.75) is 26.3 Å². The normalized spacial score (nSPS) is 10.6. The number of nitrogens with two attached hydrogens (primary N) is 1. The van der Waals surface area contributed by atoms with Gasteiger partial charge in [0.05, 0.1) is 11.4 Å². The summed E-state index contributed by atoms with van der Waals surface area (Å²) in [4.78, 5) is 4.25. The van der Waals surface area contributed by atoms with Crippen LogP contribution in [0.5, 0.6) is 0 Å². The van der Waals surface area contributed by atoms with Crippen LogP contribution in [-0.4, -0.2) is 14.8 Å². The molecule has 0 aromatic carbocycles. The van der Waals surface area contributed by atoms with E-state index in [4.69, 9.17) is 5.73 Å². The van der Waals surface area contributed by atoms with Gasteiger partial charge in [-0.3, -0.25) is 9.67 Å². The van der Waals surface area contributed by atoms with Crippen LogP contribution in [0, 0.1) is 0 Å². The summed E-state index contributed by atoms with van der Waals surface area (Å²) in [5, 5.41) is 4.45. The van der Waals surface area contributed by atoms with Crippen LogP contribution in [0.4, 0.5) is 5.69 Å². The number of unbranched alkanes of at least 4 members (excludes halogenated alkanes) is 1. The van der Waals surface area contributed by atoms with Gasteiger partial charge in [0.1, 0.15) is 5.69 Å². The first-order valence-corrected chi connectivity index (χ1v) is 5.55. The summed E-state index contributed by atoms with van der Waals surface area (Å²) in [5.41, 5.74) is 8.22. The van der Waals surface area contributed by atoms with E-state index in [1.165, 1.54) is 0 Å². The van der Waals surface area contributed by atoms with Gasteiger partial charge in [0, 0.05) is 18.9 Å². The van der Waals surface area contributed by atoms with E-state index >= 15 is 0 Å². The van der Waals surface area contributed by atoms with Crippen LogP contribution in [0.1, 0.15) is 19.8 Å². The zero-order chi connectivity index (χ0) is 11.4. The van der Waals surface area contributed by atoms with E-state index in [1.54, 1.807) is 6.20 Å². The van der Waals surface area contributed by atoms with E-state index in [0.29, 0.717) is 5.69 Å². The van der Waals surface area contributed by atoms with E-state index in [1.807, 2.05) is 29.1 Å². The second-order valence-electron chi connectivity index (χ2n) is 3.76. The molecule has 2 aromatic rings. The van der Waals surface area contributed by atoms with Crippen molar-refractivity contribution in [1.29, 1.82) is 0 Å². The fourth-order valence-corrected chi connectivity index (χ4v) is 1.57. The van der Waals surface area contributed by atoms with Gasteiger partial charge in [-0.1, -0.05) is 19.4 Å². The highest BCUT2D eigenvalue weighted by molar-refractivity contribution is 5.68. The van der Waals surface area contributed by atoms with E-state index < -0.39 is 0 Å². The molecule has 0 aliphatic rings. The van der Waals surface area contributed by atoms with Gasteiger partial charge in [-0.05, 0) is 18.6 Å². The van der Waals surface area contributed by atoms with Crippen LogP contribution in [-0.2, 0) is 6.54 Å². The molecule has 2 N–H and O–H groups in total. The van der Waals surface area contributed by atoms with Crippen molar-refractivity contribution in [3.8, 4) is 11.4 Å². The molecule has 0 saturated carbocycles. The molecule has 0 aliphatic carbocycles. The first kappa shape index (κ1) is 10.7. The molecule has 0 spiro atoms. The predicted molar refractivity (Wildman–Crippen MR) is 64.8 cm³/mol. The molecule has 2 rings (SSSR count). The minimum atomic E-state index is 0.690. The third-order valence-corrected chi connectivity index (χ3v) is 2.44. The van der Waals surface area contributed by atoms with Crippen LogP contribution in [0.25, 0.3) is 11.4 Å². The Morgan fingerprint density at radius 3 is 2.94 bits per heavy atom. The fraction of sp³-hybridized carbons (Fsp3) is 0.333. The topological polar surface area (TPSA) is 56.7 Å². The van der Waals surface area contributed by atoms with E-state index in [2.05, 4.69) is 17.0 Å². The average molecular weight is 216 g/mol. The van der Waals surface area contributed by atoms with Crippen LogP contribution < -0.4 is 5.73 Å². The lowest BCUT2D eigenvalue weighted by Gasteiger charge is -1.98. The molecular weight excluding hydrogens is 200 g/mol. The minimum absolute atomic E-state index is 0.690. The second kappa shape index (κ2) is 4.79. The Morgan fingerprint density at radius 2 is 2.25 bits per heavy atom. The smallest absolute Gasteiger partial charge is 0.134 e. The van der Waals surface area contributed by atoms with Gasteiger partial charge in [0.25, 0.3) is 0 Å². The van der Waals surface area contributed by atoms with Gasteiger partial charge in [0.15, 0.2) is 0 Å². The highest BCUT2D eigenvalue weighted by atomic mass is 15.3. The van der Waals surface area contributed by atoms with E-state index in [-0.39, 0.29) is 0 Å². The van der Waals surface area contributed by atoms with Crippen LogP contribution >= 0.6 is 0 Å². The summed E-state index contributed by atoms with van der Waals surface area (Å²) < 4.78 is 1.89. The maximum Gasteiger partial charge on any atom is 0.134 e. The zero-order valence-corrected chi connectivity index (χ0v) is 9.43. The molecule has 0 unspecified atom stereocenters. The number of hydrogen-bond acceptors (Lipinski definition) is 3. The molecule has 4 nitrogen and oxygen atoms in total. The minimum Gasteiger partial charge on any atom is -0.396 e. The summed E-state index contributed by atoms with van der Waals surface area (Å²) in [7, 11) is 0. The third-order valence-electron chi connectivity index (χ3n) is 2.44. The van der Waals surface area contributed by atoms with Crippen LogP contribution in [0.2, 0.25) is 0 Å². The highest BCUT2D eigenvalue weighted by Gasteiger charge is 2.08. The van der Waals surface area contributed by atoms with Crippen molar-refractivity contribution in [2.24, 2.45) is 0 Å². The van der Waals surface area contributed by atoms with Gasteiger partial charge in [-0.2, -0.15) is 5.10 Å². The monoisotopic (exact) mass is 216 g/mol. The number of rotatable bonds is 4. The van der Waals surface area contributed by atoms with Gasteiger partial charge >= 0.3 is 0 Å². The third kappa shape index (κ3) is 2.21. The maximum absolute atomic E-state index is 5.92. The first-order valence-electron chi connectivity index (χ1n) is 5.55. The van der Waals surface area contributed by atoms with Gasteiger partial charge < -0.3 is 5.73 Å². The summed E-state index contributed by atoms with van der Waals surface area (Å²) in [6.07, 6.45) is 5.89. The number of anilines is 1. The van der Waals surface area contributed by atoms with Gasteiger partial charge in [-0.15, -0.1) is 0 Å². The Hall–Kier alpha value is -1.84. The quantitative estimate of drug-likeness (QED) is 0.853. The summed E-state index contributed by atoms with van der Waals surface area (Å²) in [6, 6.07) is 5.74. The fourth-order valence-electron chi connectivity index (χ4n) is 1.57. The summed E-state index contributed by atoms with van der Waals surface area (Å²) >= 11 is 0. The Kier molecular flexibility index (Phi) is 3.19. The summed E-state index contributed by atoms with van der Waals surface area (Å²) in [5.74, 6) is 0. The first-order chi connectivity index (χ1) is 7.81. The Labute approximate surface area is 95.1 Å². The maximum atomic E-state index is 5.92. The molecule has 2 aromatic heterocycles. The zero-order valence-electron chi connectivity index (χ0n) is 9.43. The standard InChI is InChI=1S/C12H16N4/c1-2-3-8-16-9-10(13)12(15-16)11-6-4-5-7-14-11/h4-7,9H,2-3,8,13H2,1H3. The molecule has 0 radical (unpaired) electrons.